The van der Waals surface area contributed by atoms with Crippen molar-refractivity contribution in [3.63, 3.8) is 0 Å². The maximum atomic E-state index is 8.99. The van der Waals surface area contributed by atoms with Gasteiger partial charge in [-0.1, -0.05) is 12.7 Å². The molecule has 1 unspecified atom stereocenters. The van der Waals surface area contributed by atoms with Crippen molar-refractivity contribution >= 4 is 35.8 Å². The highest BCUT2D eigenvalue weighted by Gasteiger charge is 2.18. The Kier molecular flexibility index (Phi) is 8.72. The molecule has 0 aromatic carbocycles. The number of nitrogens with one attached hydrogen (secondary N) is 1. The fraction of sp³-hybridized carbons (Fsp3) is 0.286. The molecule has 0 radical (unpaired) electrons. The van der Waals surface area contributed by atoms with Gasteiger partial charge in [-0.25, -0.2) is 9.97 Å². The van der Waals surface area contributed by atoms with E-state index >= 15 is 0 Å². The third-order valence-corrected chi connectivity index (χ3v) is 5.83. The van der Waals surface area contributed by atoms with E-state index in [0.717, 1.165) is 64.7 Å². The van der Waals surface area contributed by atoms with Gasteiger partial charge in [0.05, 0.1) is 10.7 Å². The van der Waals surface area contributed by atoms with Gasteiger partial charge in [-0.3, -0.25) is 0 Å². The molecule has 0 bridgehead atoms. The van der Waals surface area contributed by atoms with Crippen LogP contribution in [0.5, 0.6) is 0 Å². The van der Waals surface area contributed by atoms with E-state index in [2.05, 4.69) is 34.9 Å². The average molecular weight is 423 g/mol. The largest absolute Gasteiger partial charge is 0.362 e. The summed E-state index contributed by atoms with van der Waals surface area (Å²) in [5.74, 6) is 0. The van der Waals surface area contributed by atoms with Crippen molar-refractivity contribution in [2.75, 3.05) is 7.05 Å². The minimum atomic E-state index is 0.0471. The number of nitriles is 2. The maximum Gasteiger partial charge on any atom is 0.140 e. The van der Waals surface area contributed by atoms with E-state index in [0.29, 0.717) is 5.03 Å². The first-order valence-corrected chi connectivity index (χ1v) is 10.6. The highest BCUT2D eigenvalue weighted by molar-refractivity contribution is 8.07. The van der Waals surface area contributed by atoms with E-state index in [1.807, 2.05) is 23.4 Å². The number of rotatable bonds is 7. The molecule has 29 heavy (non-hydrogen) atoms. The van der Waals surface area contributed by atoms with Crippen LogP contribution >= 0.6 is 23.5 Å². The fourth-order valence-corrected chi connectivity index (χ4v) is 3.89. The lowest BCUT2D eigenvalue weighted by molar-refractivity contribution is 0.397. The summed E-state index contributed by atoms with van der Waals surface area (Å²) in [6.07, 6.45) is 11.4. The van der Waals surface area contributed by atoms with E-state index in [4.69, 9.17) is 15.9 Å². The molecule has 6 nitrogen and oxygen atoms in total. The molecule has 1 N–H and O–H groups in total. The predicted molar refractivity (Wildman–Crippen MR) is 120 cm³/mol. The standard InChI is InChI=1S/C21H22N6S2/c1-15(27(3)21(7-8-22)29-13-24)9-17-5-4-6-18(16(17)2)10-19-11-20(28-12-23)26-14-25-19/h7-11,14-15,22H,2,4-6H2,1,3H3/b17-9+,18-10+,21-7+,22-8?. The number of likely N-dealkylation sites (N-methyl/N-ethyl adjacent to an activating group) is 1. The van der Waals surface area contributed by atoms with E-state index in [-0.39, 0.29) is 6.04 Å². The Morgan fingerprint density at radius 1 is 1.31 bits per heavy atom. The summed E-state index contributed by atoms with van der Waals surface area (Å²) in [5.41, 5.74) is 4.07. The monoisotopic (exact) mass is 422 g/mol. The van der Waals surface area contributed by atoms with Gasteiger partial charge in [0.1, 0.15) is 22.2 Å². The number of hydrogen-bond acceptors (Lipinski definition) is 8. The van der Waals surface area contributed by atoms with Gasteiger partial charge < -0.3 is 10.3 Å². The second-order valence-electron chi connectivity index (χ2n) is 6.38. The maximum absolute atomic E-state index is 8.99. The van der Waals surface area contributed by atoms with Crippen LogP contribution in [0.4, 0.5) is 0 Å². The van der Waals surface area contributed by atoms with Crippen molar-refractivity contribution in [2.45, 2.75) is 37.3 Å². The van der Waals surface area contributed by atoms with Crippen LogP contribution in [0, 0.1) is 26.7 Å². The van der Waals surface area contributed by atoms with Gasteiger partial charge in [0.15, 0.2) is 0 Å². The van der Waals surface area contributed by atoms with E-state index in [9.17, 15) is 0 Å². The molecule has 1 aromatic rings. The molecule has 0 spiro atoms. The number of thioether (sulfide) groups is 2. The molecule has 0 saturated heterocycles. The van der Waals surface area contributed by atoms with Crippen molar-refractivity contribution in [2.24, 2.45) is 0 Å². The van der Waals surface area contributed by atoms with Crippen LogP contribution in [-0.2, 0) is 0 Å². The summed E-state index contributed by atoms with van der Waals surface area (Å²) < 4.78 is 0. The van der Waals surface area contributed by atoms with Gasteiger partial charge in [0.2, 0.25) is 0 Å². The number of allylic oxidation sites excluding steroid dienone is 4. The first-order valence-electron chi connectivity index (χ1n) is 8.98. The zero-order chi connectivity index (χ0) is 21.2. The summed E-state index contributed by atoms with van der Waals surface area (Å²) >= 11 is 2.06. The van der Waals surface area contributed by atoms with Crippen molar-refractivity contribution in [1.29, 1.82) is 15.9 Å². The number of nitrogens with zero attached hydrogens (tertiary/aromatic N) is 5. The van der Waals surface area contributed by atoms with Gasteiger partial charge in [-0.15, -0.1) is 0 Å². The van der Waals surface area contributed by atoms with Crippen LogP contribution in [0.1, 0.15) is 31.9 Å². The SMILES string of the molecule is C=C1/C(=C/c2cc(SC#N)ncn2)CCC/C1=C\C(C)N(C)/C(=C\C=N)SC#N. The average Bonchev–Trinajstić information content (AvgIpc) is 2.71. The smallest absolute Gasteiger partial charge is 0.140 e. The number of thiocyanates is 2. The predicted octanol–water partition coefficient (Wildman–Crippen LogP) is 5.13. The molecule has 0 amide bonds. The van der Waals surface area contributed by atoms with Gasteiger partial charge in [-0.2, -0.15) is 10.5 Å². The van der Waals surface area contributed by atoms with Crippen molar-refractivity contribution in [3.8, 4) is 10.8 Å². The van der Waals surface area contributed by atoms with Gasteiger partial charge in [0, 0.05) is 42.8 Å². The highest BCUT2D eigenvalue weighted by atomic mass is 32.2. The fourth-order valence-electron chi connectivity index (χ4n) is 2.98. The van der Waals surface area contributed by atoms with Gasteiger partial charge >= 0.3 is 0 Å². The molecule has 8 heteroatoms. The molecule has 148 valence electrons. The summed E-state index contributed by atoms with van der Waals surface area (Å²) in [6.45, 7) is 6.36. The molecule has 1 atom stereocenters. The summed E-state index contributed by atoms with van der Waals surface area (Å²) in [4.78, 5) is 10.3. The second kappa shape index (κ2) is 11.3. The van der Waals surface area contributed by atoms with Crippen molar-refractivity contribution in [3.05, 3.63) is 58.6 Å². The lowest BCUT2D eigenvalue weighted by Crippen LogP contribution is -2.26. The van der Waals surface area contributed by atoms with Crippen molar-refractivity contribution < 1.29 is 0 Å². The van der Waals surface area contributed by atoms with Crippen LogP contribution in [0.2, 0.25) is 0 Å². The first kappa shape index (κ1) is 22.5. The Morgan fingerprint density at radius 2 is 2.07 bits per heavy atom. The Morgan fingerprint density at radius 3 is 2.76 bits per heavy atom. The third-order valence-electron chi connectivity index (χ3n) is 4.58. The molecule has 1 aliphatic carbocycles. The summed E-state index contributed by atoms with van der Waals surface area (Å²) in [7, 11) is 1.92. The van der Waals surface area contributed by atoms with Crippen LogP contribution in [-0.4, -0.2) is 34.2 Å². The normalized spacial score (nSPS) is 18.2. The quantitative estimate of drug-likeness (QED) is 0.281. The lowest BCUT2D eigenvalue weighted by Gasteiger charge is -2.28. The van der Waals surface area contributed by atoms with Crippen LogP contribution < -0.4 is 0 Å². The van der Waals surface area contributed by atoms with Crippen molar-refractivity contribution in [1.82, 2.24) is 14.9 Å². The van der Waals surface area contributed by atoms with Crippen LogP contribution in [0.25, 0.3) is 6.08 Å². The molecule has 0 aliphatic heterocycles. The third kappa shape index (κ3) is 6.35. The molecule has 1 fully saturated rings. The summed E-state index contributed by atoms with van der Waals surface area (Å²) in [6, 6.07) is 1.85. The highest BCUT2D eigenvalue weighted by Crippen LogP contribution is 2.34. The molecule has 1 aliphatic rings. The summed E-state index contributed by atoms with van der Waals surface area (Å²) in [5, 5.41) is 30.5. The second-order valence-corrected chi connectivity index (χ2v) is 7.99. The molecular formula is C21H22N6S2. The Bertz CT molecular complexity index is 949. The molecule has 1 aromatic heterocycles. The van der Waals surface area contributed by atoms with Gasteiger partial charge in [-0.05, 0) is 61.1 Å². The number of aromatic nitrogens is 2. The van der Waals surface area contributed by atoms with Crippen LogP contribution in [0.15, 0.2) is 57.9 Å². The Hall–Kier alpha value is -2.81. The number of hydrogen-bond donors (Lipinski definition) is 1. The Balaban J connectivity index is 2.23. The zero-order valence-electron chi connectivity index (χ0n) is 16.4. The minimum absolute atomic E-state index is 0.0471. The molecule has 2 rings (SSSR count). The van der Waals surface area contributed by atoms with E-state index in [1.54, 1.807) is 12.1 Å². The zero-order valence-corrected chi connectivity index (χ0v) is 18.1. The minimum Gasteiger partial charge on any atom is -0.362 e. The lowest BCUT2D eigenvalue weighted by atomic mass is 9.84. The van der Waals surface area contributed by atoms with E-state index < -0.39 is 0 Å². The van der Waals surface area contributed by atoms with E-state index in [1.165, 1.54) is 18.1 Å². The van der Waals surface area contributed by atoms with Gasteiger partial charge in [0.25, 0.3) is 0 Å². The molecule has 1 saturated carbocycles. The molecule has 1 heterocycles. The first-order chi connectivity index (χ1) is 14.0. The Labute approximate surface area is 180 Å². The topological polar surface area (TPSA) is 100 Å². The van der Waals surface area contributed by atoms with Crippen LogP contribution in [0.3, 0.4) is 0 Å². The molecular weight excluding hydrogens is 400 g/mol.